The van der Waals surface area contributed by atoms with E-state index in [1.54, 1.807) is 12.1 Å². The first-order chi connectivity index (χ1) is 11.0. The number of carboxylic acid groups (broad SMARTS) is 1. The summed E-state index contributed by atoms with van der Waals surface area (Å²) in [6.45, 7) is 2.81. The summed E-state index contributed by atoms with van der Waals surface area (Å²) in [6.07, 6.45) is 0. The number of aliphatic carboxylic acids is 1. The summed E-state index contributed by atoms with van der Waals surface area (Å²) < 4.78 is 16.5. The van der Waals surface area contributed by atoms with E-state index in [0.29, 0.717) is 34.7 Å². The molecular formula is C15H18BrNO6. The molecule has 1 aliphatic heterocycles. The highest BCUT2D eigenvalue weighted by Gasteiger charge is 2.33. The van der Waals surface area contributed by atoms with E-state index in [1.165, 1.54) is 12.0 Å². The van der Waals surface area contributed by atoms with Gasteiger partial charge in [-0.2, -0.15) is 0 Å². The van der Waals surface area contributed by atoms with Gasteiger partial charge in [0.05, 0.1) is 31.4 Å². The van der Waals surface area contributed by atoms with Gasteiger partial charge < -0.3 is 24.2 Å². The third-order valence-electron chi connectivity index (χ3n) is 3.44. The second-order valence-corrected chi connectivity index (χ2v) is 5.70. The van der Waals surface area contributed by atoms with Crippen molar-refractivity contribution in [3.05, 3.63) is 22.2 Å². The van der Waals surface area contributed by atoms with E-state index < -0.39 is 12.0 Å². The fourth-order valence-electron chi connectivity index (χ4n) is 2.34. The minimum atomic E-state index is -1.09. The van der Waals surface area contributed by atoms with Gasteiger partial charge in [0.1, 0.15) is 0 Å². The maximum absolute atomic E-state index is 12.7. The number of carbonyl (C=O) groups is 2. The van der Waals surface area contributed by atoms with E-state index in [0.717, 1.165) is 0 Å². The lowest BCUT2D eigenvalue weighted by Gasteiger charge is -2.33. The Labute approximate surface area is 142 Å². The van der Waals surface area contributed by atoms with Crippen molar-refractivity contribution >= 4 is 27.8 Å². The Balaban J connectivity index is 2.35. The van der Waals surface area contributed by atoms with Crippen molar-refractivity contribution in [3.8, 4) is 11.5 Å². The van der Waals surface area contributed by atoms with Gasteiger partial charge in [-0.25, -0.2) is 4.79 Å². The van der Waals surface area contributed by atoms with Gasteiger partial charge in [0.2, 0.25) is 0 Å². The molecule has 2 rings (SSSR count). The number of carbonyl (C=O) groups excluding carboxylic acids is 1. The highest BCUT2D eigenvalue weighted by Crippen LogP contribution is 2.37. The van der Waals surface area contributed by atoms with Gasteiger partial charge in [0.25, 0.3) is 5.91 Å². The van der Waals surface area contributed by atoms with Crippen LogP contribution in [0.5, 0.6) is 11.5 Å². The molecule has 1 saturated heterocycles. The average molecular weight is 388 g/mol. The number of amides is 1. The molecule has 0 saturated carbocycles. The van der Waals surface area contributed by atoms with Crippen LogP contribution >= 0.6 is 15.9 Å². The molecule has 1 fully saturated rings. The molecule has 23 heavy (non-hydrogen) atoms. The van der Waals surface area contributed by atoms with Gasteiger partial charge in [-0.3, -0.25) is 4.79 Å². The van der Waals surface area contributed by atoms with E-state index in [2.05, 4.69) is 15.9 Å². The van der Waals surface area contributed by atoms with E-state index in [-0.39, 0.29) is 19.1 Å². The molecular weight excluding hydrogens is 370 g/mol. The second kappa shape index (κ2) is 7.65. The third kappa shape index (κ3) is 3.76. The Hall–Kier alpha value is -1.80. The lowest BCUT2D eigenvalue weighted by atomic mass is 10.1. The van der Waals surface area contributed by atoms with Gasteiger partial charge in [0.15, 0.2) is 17.5 Å². The monoisotopic (exact) mass is 387 g/mol. The van der Waals surface area contributed by atoms with Crippen molar-refractivity contribution in [1.29, 1.82) is 0 Å². The predicted molar refractivity (Wildman–Crippen MR) is 85.1 cm³/mol. The molecule has 0 spiro atoms. The van der Waals surface area contributed by atoms with Crippen LogP contribution in [0.25, 0.3) is 0 Å². The summed E-state index contributed by atoms with van der Waals surface area (Å²) in [5.41, 5.74) is 0.324. The standard InChI is InChI=1S/C15H18BrNO6/c1-3-23-13-10(16)6-9(7-12(13)21-2)14(18)17-4-5-22-8-11(17)15(19)20/h6-7,11H,3-5,8H2,1-2H3,(H,19,20). The Morgan fingerprint density at radius 2 is 2.22 bits per heavy atom. The largest absolute Gasteiger partial charge is 0.493 e. The fraction of sp³-hybridized carbons (Fsp3) is 0.467. The summed E-state index contributed by atoms with van der Waals surface area (Å²) in [5.74, 6) is -0.564. The molecule has 0 aromatic heterocycles. The number of halogens is 1. The first kappa shape index (κ1) is 17.6. The first-order valence-electron chi connectivity index (χ1n) is 7.11. The molecule has 1 aliphatic rings. The second-order valence-electron chi connectivity index (χ2n) is 4.85. The maximum atomic E-state index is 12.7. The van der Waals surface area contributed by atoms with Gasteiger partial charge in [-0.15, -0.1) is 0 Å². The molecule has 8 heteroatoms. The van der Waals surface area contributed by atoms with Crippen molar-refractivity contribution in [3.63, 3.8) is 0 Å². The van der Waals surface area contributed by atoms with Crippen LogP contribution in [0.4, 0.5) is 0 Å². The molecule has 0 radical (unpaired) electrons. The maximum Gasteiger partial charge on any atom is 0.328 e. The number of benzene rings is 1. The summed E-state index contributed by atoms with van der Waals surface area (Å²) in [5, 5.41) is 9.25. The number of carboxylic acids is 1. The summed E-state index contributed by atoms with van der Waals surface area (Å²) in [6, 6.07) is 2.16. The van der Waals surface area contributed by atoms with Crippen molar-refractivity contribution in [2.75, 3.05) is 33.5 Å². The zero-order valence-electron chi connectivity index (χ0n) is 12.9. The molecule has 126 valence electrons. The number of hydrogen-bond acceptors (Lipinski definition) is 5. The van der Waals surface area contributed by atoms with Crippen LogP contribution < -0.4 is 9.47 Å². The number of rotatable bonds is 5. The van der Waals surface area contributed by atoms with Crippen molar-refractivity contribution in [1.82, 2.24) is 4.90 Å². The number of methoxy groups -OCH3 is 1. The summed E-state index contributed by atoms with van der Waals surface area (Å²) in [7, 11) is 1.48. The molecule has 1 atom stereocenters. The SMILES string of the molecule is CCOc1c(Br)cc(C(=O)N2CCOCC2C(=O)O)cc1OC. The van der Waals surface area contributed by atoms with Gasteiger partial charge >= 0.3 is 5.97 Å². The predicted octanol–water partition coefficient (Wildman–Crippen LogP) is 1.78. The molecule has 1 heterocycles. The molecule has 7 nitrogen and oxygen atoms in total. The number of morpholine rings is 1. The van der Waals surface area contributed by atoms with Crippen LogP contribution in [0.15, 0.2) is 16.6 Å². The van der Waals surface area contributed by atoms with Crippen LogP contribution in [0.3, 0.4) is 0 Å². The Morgan fingerprint density at radius 1 is 1.48 bits per heavy atom. The molecule has 1 aromatic rings. The minimum absolute atomic E-state index is 0.0175. The number of hydrogen-bond donors (Lipinski definition) is 1. The average Bonchev–Trinajstić information content (AvgIpc) is 2.55. The summed E-state index contributed by atoms with van der Waals surface area (Å²) in [4.78, 5) is 25.3. The smallest absolute Gasteiger partial charge is 0.328 e. The molecule has 0 bridgehead atoms. The number of ether oxygens (including phenoxy) is 3. The molecule has 1 aromatic carbocycles. The van der Waals surface area contributed by atoms with Crippen LogP contribution in [0, 0.1) is 0 Å². The topological polar surface area (TPSA) is 85.3 Å². The lowest BCUT2D eigenvalue weighted by molar-refractivity contribution is -0.147. The Morgan fingerprint density at radius 3 is 2.83 bits per heavy atom. The fourth-order valence-corrected chi connectivity index (χ4v) is 2.90. The normalized spacial score (nSPS) is 17.7. The lowest BCUT2D eigenvalue weighted by Crippen LogP contribution is -2.52. The molecule has 0 aliphatic carbocycles. The van der Waals surface area contributed by atoms with E-state index >= 15 is 0 Å². The minimum Gasteiger partial charge on any atom is -0.493 e. The first-order valence-corrected chi connectivity index (χ1v) is 7.90. The highest BCUT2D eigenvalue weighted by atomic mass is 79.9. The highest BCUT2D eigenvalue weighted by molar-refractivity contribution is 9.10. The Kier molecular flexibility index (Phi) is 5.84. The zero-order chi connectivity index (χ0) is 17.0. The van der Waals surface area contributed by atoms with Crippen LogP contribution in [-0.4, -0.2) is 61.4 Å². The van der Waals surface area contributed by atoms with E-state index in [1.807, 2.05) is 6.92 Å². The van der Waals surface area contributed by atoms with Gasteiger partial charge in [0, 0.05) is 12.1 Å². The van der Waals surface area contributed by atoms with Crippen molar-refractivity contribution < 1.29 is 28.9 Å². The van der Waals surface area contributed by atoms with E-state index in [9.17, 15) is 14.7 Å². The van der Waals surface area contributed by atoms with Crippen LogP contribution in [0.1, 0.15) is 17.3 Å². The van der Waals surface area contributed by atoms with Crippen LogP contribution in [0.2, 0.25) is 0 Å². The quantitative estimate of drug-likeness (QED) is 0.828. The van der Waals surface area contributed by atoms with Crippen molar-refractivity contribution in [2.24, 2.45) is 0 Å². The number of nitrogens with zero attached hydrogens (tertiary/aromatic N) is 1. The third-order valence-corrected chi connectivity index (χ3v) is 4.03. The Bertz CT molecular complexity index is 606. The van der Waals surface area contributed by atoms with Gasteiger partial charge in [-0.1, -0.05) is 0 Å². The van der Waals surface area contributed by atoms with Gasteiger partial charge in [-0.05, 0) is 35.0 Å². The molecule has 1 amide bonds. The van der Waals surface area contributed by atoms with Crippen LogP contribution in [-0.2, 0) is 9.53 Å². The molecule has 1 N–H and O–H groups in total. The molecule has 1 unspecified atom stereocenters. The zero-order valence-corrected chi connectivity index (χ0v) is 14.5. The summed E-state index contributed by atoms with van der Waals surface area (Å²) >= 11 is 3.36. The van der Waals surface area contributed by atoms with Crippen molar-refractivity contribution in [2.45, 2.75) is 13.0 Å². The van der Waals surface area contributed by atoms with E-state index in [4.69, 9.17) is 14.2 Å².